The smallest absolute Gasteiger partial charge is 0.305 e. The zero-order chi connectivity index (χ0) is 74.4. The molecule has 10 atom stereocenters. The van der Waals surface area contributed by atoms with Gasteiger partial charge in [-0.2, -0.15) is 0 Å². The first-order valence-corrected chi connectivity index (χ1v) is 34.6. The van der Waals surface area contributed by atoms with Crippen LogP contribution in [0.15, 0.2) is 146 Å². The van der Waals surface area contributed by atoms with Gasteiger partial charge in [-0.05, 0) is 95.2 Å². The number of nitrogens with two attached hydrogens (primary N) is 2. The number of carbonyl (C=O) groups is 12. The maximum absolute atomic E-state index is 15.2. The van der Waals surface area contributed by atoms with Crippen LogP contribution in [0, 0.1) is 10.8 Å². The quantitative estimate of drug-likeness (QED) is 0.0330. The molecule has 0 aromatic heterocycles. The molecular formula is C74H88N16O14. The average molecular weight is 1430 g/mol. The molecule has 3 heterocycles. The number of guanidine groups is 2. The van der Waals surface area contributed by atoms with Crippen molar-refractivity contribution < 1.29 is 67.7 Å². The second-order valence-corrected chi connectivity index (χ2v) is 26.1. The van der Waals surface area contributed by atoms with E-state index in [2.05, 4.69) is 53.2 Å². The van der Waals surface area contributed by atoms with Gasteiger partial charge in [0.15, 0.2) is 11.9 Å². The summed E-state index contributed by atoms with van der Waals surface area (Å²) in [5.41, 5.74) is 13.1. The summed E-state index contributed by atoms with van der Waals surface area (Å²) in [5.74, 6) is -12.8. The van der Waals surface area contributed by atoms with E-state index < -0.39 is 157 Å². The van der Waals surface area contributed by atoms with E-state index in [0.29, 0.717) is 56.6 Å². The normalized spacial score (nSPS) is 23.2. The number of carboxylic acid groups (broad SMARTS) is 2. The molecule has 3 aliphatic rings. The van der Waals surface area contributed by atoms with Crippen LogP contribution in [-0.2, 0) is 70.4 Å². The second kappa shape index (κ2) is 36.6. The van der Waals surface area contributed by atoms with Crippen LogP contribution >= 0.6 is 0 Å². The van der Waals surface area contributed by atoms with Crippen molar-refractivity contribution in [2.45, 2.75) is 150 Å². The highest BCUT2D eigenvalue weighted by atomic mass is 16.4. The van der Waals surface area contributed by atoms with Crippen molar-refractivity contribution in [3.8, 4) is 0 Å². The van der Waals surface area contributed by atoms with E-state index in [1.165, 1.54) is 9.80 Å². The molecule has 10 amide bonds. The maximum Gasteiger partial charge on any atom is 0.305 e. The van der Waals surface area contributed by atoms with Crippen LogP contribution in [0.2, 0.25) is 0 Å². The van der Waals surface area contributed by atoms with Gasteiger partial charge in [0.25, 0.3) is 0 Å². The molecular weight excluding hydrogens is 1340 g/mol. The van der Waals surface area contributed by atoms with Crippen molar-refractivity contribution in [1.29, 1.82) is 10.8 Å². The third-order valence-corrected chi connectivity index (χ3v) is 18.6. The van der Waals surface area contributed by atoms with E-state index >= 15 is 19.2 Å². The molecule has 3 aliphatic heterocycles. The lowest BCUT2D eigenvalue weighted by atomic mass is 9.95. The molecule has 3 saturated heterocycles. The number of nitrogens with zero attached hydrogens (tertiary/aromatic N) is 2. The van der Waals surface area contributed by atoms with E-state index in [9.17, 15) is 48.6 Å². The predicted octanol–water partition coefficient (Wildman–Crippen LogP) is 1.65. The number of carboxylic acids is 2. The number of nitrogens with one attached hydrogen (secondary N) is 12. The second-order valence-electron chi connectivity index (χ2n) is 26.1. The fourth-order valence-corrected chi connectivity index (χ4v) is 13.5. The number of aliphatic carboxylic acids is 2. The van der Waals surface area contributed by atoms with Crippen molar-refractivity contribution in [2.24, 2.45) is 11.5 Å². The third-order valence-electron chi connectivity index (χ3n) is 18.6. The highest BCUT2D eigenvalue weighted by molar-refractivity contribution is 6.00. The number of hydrogen-bond acceptors (Lipinski definition) is 14. The fourth-order valence-electron chi connectivity index (χ4n) is 13.5. The van der Waals surface area contributed by atoms with Crippen molar-refractivity contribution in [3.05, 3.63) is 168 Å². The third kappa shape index (κ3) is 21.1. The molecule has 548 valence electrons. The zero-order valence-corrected chi connectivity index (χ0v) is 57.2. The summed E-state index contributed by atoms with van der Waals surface area (Å²) >= 11 is 0. The number of carbonyl (C=O) groups excluding carboxylic acids is 10. The number of benzene rings is 6. The first kappa shape index (κ1) is 76.2. The monoisotopic (exact) mass is 1420 g/mol. The zero-order valence-electron chi connectivity index (χ0n) is 57.2. The van der Waals surface area contributed by atoms with Crippen molar-refractivity contribution in [3.63, 3.8) is 0 Å². The average Bonchev–Trinajstić information content (AvgIpc) is 1.38. The minimum Gasteiger partial charge on any atom is -0.481 e. The Morgan fingerprint density at radius 3 is 1.28 bits per heavy atom. The van der Waals surface area contributed by atoms with Gasteiger partial charge in [0.2, 0.25) is 59.1 Å². The Kier molecular flexibility index (Phi) is 26.8. The van der Waals surface area contributed by atoms with Crippen molar-refractivity contribution >= 4 is 104 Å². The lowest BCUT2D eigenvalue weighted by molar-refractivity contribution is -0.148. The van der Waals surface area contributed by atoms with E-state index in [0.717, 1.165) is 0 Å². The van der Waals surface area contributed by atoms with Crippen LogP contribution in [0.5, 0.6) is 0 Å². The Morgan fingerprint density at radius 1 is 0.423 bits per heavy atom. The summed E-state index contributed by atoms with van der Waals surface area (Å²) in [6, 6.07) is 26.6. The molecule has 0 bridgehead atoms. The summed E-state index contributed by atoms with van der Waals surface area (Å²) in [7, 11) is 0. The van der Waals surface area contributed by atoms with Crippen molar-refractivity contribution in [2.75, 3.05) is 26.2 Å². The van der Waals surface area contributed by atoms with Gasteiger partial charge in [0.05, 0.1) is 37.8 Å². The Balaban J connectivity index is 1.12. The first-order chi connectivity index (χ1) is 50.0. The predicted molar refractivity (Wildman–Crippen MR) is 383 cm³/mol. The lowest BCUT2D eigenvalue weighted by Crippen LogP contribution is -2.59. The molecule has 6 aromatic carbocycles. The van der Waals surface area contributed by atoms with Crippen LogP contribution in [-0.4, -0.2) is 177 Å². The molecule has 30 nitrogen and oxygen atoms in total. The Hall–Kier alpha value is -12.0. The van der Waals surface area contributed by atoms with Crippen molar-refractivity contribution in [1.82, 2.24) is 63.0 Å². The molecule has 104 heavy (non-hydrogen) atoms. The van der Waals surface area contributed by atoms with Gasteiger partial charge in [-0.1, -0.05) is 146 Å². The van der Waals surface area contributed by atoms with E-state index in [1.807, 2.05) is 24.3 Å². The maximum atomic E-state index is 15.2. The van der Waals surface area contributed by atoms with Crippen LogP contribution in [0.4, 0.5) is 0 Å². The molecule has 0 spiro atoms. The molecule has 10 unspecified atom stereocenters. The van der Waals surface area contributed by atoms with Gasteiger partial charge in [-0.15, -0.1) is 0 Å². The largest absolute Gasteiger partial charge is 0.481 e. The summed E-state index contributed by atoms with van der Waals surface area (Å²) in [4.78, 5) is 178. The standard InChI is InChI=1S/C74H88N16O14/c75-73(76)79-33-13-29-51-65(97)84-53(49-27-11-23-45-21-7-9-25-47(45)49)40-62(92)82-55(37-43-17-3-1-4-18-43)66(98)87-58(42-64(95)96)69(101)88-57(41-63(93)94)68(100)86-56(38-44-19-5-2-6-20-44)67(99)85-54(50-28-12-24-46-22-8-10-26-48(46)50)39-61(91)81-52(30-14-34-80-74(77)78)71(103)90-36-16-32-60(90)72(104)89-35-15-31-59(89)70(102)83-51/h1-12,17-28,51-60H,13-16,29-42H2,(H,81,91)(H,82,92)(H,83,102)(H,84,97)(H,85,99)(H,86,100)(H,87,98)(H,88,101)(H,93,94)(H,95,96)(H4,75,76,79)(H4,77,78,80). The van der Waals surface area contributed by atoms with Gasteiger partial charge in [-0.25, -0.2) is 0 Å². The number of hydrogen-bond donors (Lipinski definition) is 16. The summed E-state index contributed by atoms with van der Waals surface area (Å²) in [5, 5.41) is 65.7. The minimum absolute atomic E-state index is 0.0445. The summed E-state index contributed by atoms with van der Waals surface area (Å²) < 4.78 is 0. The number of rotatable bonds is 18. The topological polar surface area (TPSA) is 472 Å². The van der Waals surface area contributed by atoms with Gasteiger partial charge < -0.3 is 84.6 Å². The summed E-state index contributed by atoms with van der Waals surface area (Å²) in [6.07, 6.45) is -2.63. The van der Waals surface area contributed by atoms with Crippen LogP contribution < -0.4 is 64.6 Å². The van der Waals surface area contributed by atoms with Crippen LogP contribution in [0.25, 0.3) is 21.5 Å². The highest BCUT2D eigenvalue weighted by Gasteiger charge is 2.45. The fraction of sp³-hybridized carbons (Fsp3) is 0.378. The van der Waals surface area contributed by atoms with Gasteiger partial charge >= 0.3 is 11.9 Å². The molecule has 6 aromatic rings. The van der Waals surface area contributed by atoms with Crippen LogP contribution in [0.3, 0.4) is 0 Å². The van der Waals surface area contributed by atoms with E-state index in [1.54, 1.807) is 121 Å². The molecule has 0 saturated carbocycles. The van der Waals surface area contributed by atoms with Gasteiger partial charge in [0.1, 0.15) is 48.3 Å². The molecule has 0 radical (unpaired) electrons. The SMILES string of the molecule is N=C(N)NCCCC1NC(=O)C2CCCN2C(=O)C2CCCN2C(=O)C(CCCNC(=N)N)NC(=O)CC(c2cccc3ccccc23)NC(=O)C(Cc2ccccc2)NC(=O)C(CC(=O)O)NC(=O)C(CC(=O)O)NC(=O)C(Cc2ccccc2)NC(=O)CC(c2cccc3ccccc23)NC1=O. The molecule has 0 aliphatic carbocycles. The molecule has 18 N–H and O–H groups in total. The number of fused-ring (bicyclic) bond motifs is 4. The minimum atomic E-state index is -2.05. The Bertz CT molecular complexity index is 4150. The number of amides is 10. The molecule has 3 fully saturated rings. The first-order valence-electron chi connectivity index (χ1n) is 34.6. The van der Waals surface area contributed by atoms with E-state index in [4.69, 9.17) is 22.3 Å². The Morgan fingerprint density at radius 2 is 0.798 bits per heavy atom. The van der Waals surface area contributed by atoms with Gasteiger partial charge in [0, 0.05) is 39.0 Å². The van der Waals surface area contributed by atoms with Gasteiger partial charge in [-0.3, -0.25) is 68.4 Å². The Labute approximate surface area is 599 Å². The summed E-state index contributed by atoms with van der Waals surface area (Å²) in [6.45, 7) is 0.366. The molecule has 30 heteroatoms. The highest BCUT2D eigenvalue weighted by Crippen LogP contribution is 2.31. The van der Waals surface area contributed by atoms with E-state index in [-0.39, 0.29) is 89.5 Å². The lowest BCUT2D eigenvalue weighted by Gasteiger charge is -2.33. The van der Waals surface area contributed by atoms with Crippen LogP contribution in [0.1, 0.15) is 111 Å². The molecule has 9 rings (SSSR count).